The van der Waals surface area contributed by atoms with Crippen molar-refractivity contribution in [3.05, 3.63) is 29.3 Å². The Morgan fingerprint density at radius 1 is 1.41 bits per heavy atom. The highest BCUT2D eigenvalue weighted by Crippen LogP contribution is 2.23. The molecule has 2 N–H and O–H groups in total. The minimum absolute atomic E-state index is 0.0662. The van der Waals surface area contributed by atoms with Gasteiger partial charge in [0.05, 0.1) is 6.61 Å². The van der Waals surface area contributed by atoms with Crippen molar-refractivity contribution < 1.29 is 9.47 Å². The molecule has 0 radical (unpaired) electrons. The molecule has 3 nitrogen and oxygen atoms in total. The van der Waals surface area contributed by atoms with E-state index in [4.69, 9.17) is 15.2 Å². The normalized spacial score (nSPS) is 21.5. The monoisotopic (exact) mass is 235 g/mol. The van der Waals surface area contributed by atoms with Crippen LogP contribution in [0.1, 0.15) is 17.5 Å². The first-order valence-corrected chi connectivity index (χ1v) is 6.21. The topological polar surface area (TPSA) is 44.5 Å². The molecule has 94 valence electrons. The van der Waals surface area contributed by atoms with Crippen LogP contribution in [-0.2, 0) is 4.74 Å². The van der Waals surface area contributed by atoms with Gasteiger partial charge in [-0.05, 0) is 31.4 Å². The molecule has 0 aromatic heterocycles. The van der Waals surface area contributed by atoms with Crippen molar-refractivity contribution in [2.75, 3.05) is 19.8 Å². The van der Waals surface area contributed by atoms with Crippen molar-refractivity contribution in [1.82, 2.24) is 0 Å². The Labute approximate surface area is 103 Å². The second kappa shape index (κ2) is 5.52. The van der Waals surface area contributed by atoms with E-state index in [1.54, 1.807) is 0 Å². The molecular formula is C14H21NO2. The number of nitrogens with two attached hydrogens (primary N) is 1. The zero-order valence-corrected chi connectivity index (χ0v) is 10.6. The average Bonchev–Trinajstić information content (AvgIpc) is 2.81. The second-order valence-corrected chi connectivity index (χ2v) is 4.82. The molecule has 0 saturated carbocycles. The number of benzene rings is 1. The lowest BCUT2D eigenvalue weighted by Crippen LogP contribution is -2.36. The highest BCUT2D eigenvalue weighted by atomic mass is 16.5. The van der Waals surface area contributed by atoms with Gasteiger partial charge in [0.1, 0.15) is 12.4 Å². The largest absolute Gasteiger partial charge is 0.491 e. The van der Waals surface area contributed by atoms with Crippen LogP contribution in [0.15, 0.2) is 18.2 Å². The van der Waals surface area contributed by atoms with E-state index < -0.39 is 0 Å². The molecule has 3 heteroatoms. The van der Waals surface area contributed by atoms with Gasteiger partial charge < -0.3 is 15.2 Å². The van der Waals surface area contributed by atoms with Crippen LogP contribution >= 0.6 is 0 Å². The molecule has 1 aromatic rings. The Hall–Kier alpha value is -1.06. The summed E-state index contributed by atoms with van der Waals surface area (Å²) >= 11 is 0. The van der Waals surface area contributed by atoms with Crippen LogP contribution in [0.2, 0.25) is 0 Å². The first-order chi connectivity index (χ1) is 8.18. The zero-order valence-electron chi connectivity index (χ0n) is 10.6. The molecule has 17 heavy (non-hydrogen) atoms. The molecule has 1 fully saturated rings. The van der Waals surface area contributed by atoms with Crippen LogP contribution in [0, 0.1) is 19.8 Å². The lowest BCUT2D eigenvalue weighted by atomic mass is 10.0. The Bertz CT molecular complexity index is 352. The van der Waals surface area contributed by atoms with Crippen LogP contribution in [0.3, 0.4) is 0 Å². The Balaban J connectivity index is 1.92. The zero-order chi connectivity index (χ0) is 12.3. The molecule has 1 saturated heterocycles. The van der Waals surface area contributed by atoms with Crippen molar-refractivity contribution in [1.29, 1.82) is 0 Å². The Kier molecular flexibility index (Phi) is 4.02. The average molecular weight is 235 g/mol. The van der Waals surface area contributed by atoms with Gasteiger partial charge in [-0.25, -0.2) is 0 Å². The third-order valence-electron chi connectivity index (χ3n) is 3.40. The highest BCUT2D eigenvalue weighted by Gasteiger charge is 2.23. The second-order valence-electron chi connectivity index (χ2n) is 4.82. The van der Waals surface area contributed by atoms with E-state index in [0.29, 0.717) is 12.5 Å². The SMILES string of the molecule is Cc1cccc(C)c1OCC(N)C1CCOC1. The minimum atomic E-state index is 0.0662. The molecule has 2 unspecified atom stereocenters. The van der Waals surface area contributed by atoms with Gasteiger partial charge in [-0.15, -0.1) is 0 Å². The lowest BCUT2D eigenvalue weighted by Gasteiger charge is -2.19. The minimum Gasteiger partial charge on any atom is -0.491 e. The van der Waals surface area contributed by atoms with Gasteiger partial charge in [-0.2, -0.15) is 0 Å². The van der Waals surface area contributed by atoms with Crippen LogP contribution in [0.25, 0.3) is 0 Å². The Morgan fingerprint density at radius 3 is 2.71 bits per heavy atom. The fourth-order valence-electron chi connectivity index (χ4n) is 2.23. The fourth-order valence-corrected chi connectivity index (χ4v) is 2.23. The van der Waals surface area contributed by atoms with Gasteiger partial charge in [0.2, 0.25) is 0 Å². The number of aryl methyl sites for hydroxylation is 2. The van der Waals surface area contributed by atoms with Crippen LogP contribution < -0.4 is 10.5 Å². The van der Waals surface area contributed by atoms with E-state index in [-0.39, 0.29) is 6.04 Å². The van der Waals surface area contributed by atoms with Gasteiger partial charge in [0.25, 0.3) is 0 Å². The lowest BCUT2D eigenvalue weighted by molar-refractivity contribution is 0.169. The van der Waals surface area contributed by atoms with E-state index in [1.807, 2.05) is 6.07 Å². The van der Waals surface area contributed by atoms with Gasteiger partial charge in [0, 0.05) is 18.6 Å². The molecule has 2 rings (SSSR count). The summed E-state index contributed by atoms with van der Waals surface area (Å²) in [6, 6.07) is 6.23. The molecule has 1 aromatic carbocycles. The molecule has 0 aliphatic carbocycles. The highest BCUT2D eigenvalue weighted by molar-refractivity contribution is 5.39. The number of hydrogen-bond donors (Lipinski definition) is 1. The summed E-state index contributed by atoms with van der Waals surface area (Å²) in [6.07, 6.45) is 1.05. The van der Waals surface area contributed by atoms with Crippen molar-refractivity contribution in [2.24, 2.45) is 11.7 Å². The summed E-state index contributed by atoms with van der Waals surface area (Å²) in [4.78, 5) is 0. The number of ether oxygens (including phenoxy) is 2. The van der Waals surface area contributed by atoms with E-state index in [0.717, 1.165) is 25.4 Å². The van der Waals surface area contributed by atoms with Crippen molar-refractivity contribution >= 4 is 0 Å². The van der Waals surface area contributed by atoms with Gasteiger partial charge in [0.15, 0.2) is 0 Å². The molecule has 1 heterocycles. The molecule has 0 amide bonds. The third kappa shape index (κ3) is 2.99. The van der Waals surface area contributed by atoms with Crippen molar-refractivity contribution in [2.45, 2.75) is 26.3 Å². The van der Waals surface area contributed by atoms with Gasteiger partial charge in [-0.3, -0.25) is 0 Å². The Morgan fingerprint density at radius 2 is 2.12 bits per heavy atom. The molecule has 2 atom stereocenters. The summed E-state index contributed by atoms with van der Waals surface area (Å²) in [7, 11) is 0. The number of para-hydroxylation sites is 1. The van der Waals surface area contributed by atoms with Crippen LogP contribution in [0.4, 0.5) is 0 Å². The summed E-state index contributed by atoms with van der Waals surface area (Å²) < 4.78 is 11.2. The first-order valence-electron chi connectivity index (χ1n) is 6.21. The fraction of sp³-hybridized carbons (Fsp3) is 0.571. The smallest absolute Gasteiger partial charge is 0.125 e. The van der Waals surface area contributed by atoms with E-state index in [9.17, 15) is 0 Å². The summed E-state index contributed by atoms with van der Waals surface area (Å²) in [5, 5.41) is 0. The maximum Gasteiger partial charge on any atom is 0.125 e. The molecule has 0 bridgehead atoms. The van der Waals surface area contributed by atoms with E-state index in [1.165, 1.54) is 11.1 Å². The molecule has 1 aliphatic heterocycles. The maximum absolute atomic E-state index is 6.12. The van der Waals surface area contributed by atoms with Crippen molar-refractivity contribution in [3.63, 3.8) is 0 Å². The van der Waals surface area contributed by atoms with E-state index in [2.05, 4.69) is 26.0 Å². The predicted molar refractivity (Wildman–Crippen MR) is 68.3 cm³/mol. The van der Waals surface area contributed by atoms with Gasteiger partial charge in [-0.1, -0.05) is 18.2 Å². The summed E-state index contributed by atoms with van der Waals surface area (Å²) in [5.74, 6) is 1.42. The molecular weight excluding hydrogens is 214 g/mol. The number of rotatable bonds is 4. The van der Waals surface area contributed by atoms with Gasteiger partial charge >= 0.3 is 0 Å². The first kappa shape index (κ1) is 12.4. The third-order valence-corrected chi connectivity index (χ3v) is 3.40. The molecule has 0 spiro atoms. The van der Waals surface area contributed by atoms with Crippen LogP contribution in [0.5, 0.6) is 5.75 Å². The predicted octanol–water partition coefficient (Wildman–Crippen LogP) is 2.05. The summed E-state index contributed by atoms with van der Waals surface area (Å²) in [5.41, 5.74) is 8.46. The summed E-state index contributed by atoms with van der Waals surface area (Å²) in [6.45, 7) is 6.30. The van der Waals surface area contributed by atoms with Crippen LogP contribution in [-0.4, -0.2) is 25.9 Å². The molecule has 1 aliphatic rings. The quantitative estimate of drug-likeness (QED) is 0.868. The van der Waals surface area contributed by atoms with Crippen molar-refractivity contribution in [3.8, 4) is 5.75 Å². The maximum atomic E-state index is 6.12. The van der Waals surface area contributed by atoms with E-state index >= 15 is 0 Å². The number of hydrogen-bond acceptors (Lipinski definition) is 3. The standard InChI is InChI=1S/C14H21NO2/c1-10-4-3-5-11(2)14(10)17-9-13(15)12-6-7-16-8-12/h3-5,12-13H,6-9,15H2,1-2H3.